The van der Waals surface area contributed by atoms with Gasteiger partial charge in [-0.25, -0.2) is 9.37 Å². The number of aromatic nitrogens is 1. The van der Waals surface area contributed by atoms with E-state index in [-0.39, 0.29) is 27.7 Å². The molecule has 0 N–H and O–H groups in total. The topological polar surface area (TPSA) is 63.4 Å². The number of anilines is 1. The lowest BCUT2D eigenvalue weighted by Gasteiger charge is -2.24. The maximum absolute atomic E-state index is 14.1. The fourth-order valence-electron chi connectivity index (χ4n) is 3.84. The molecule has 2 aromatic heterocycles. The predicted octanol–water partition coefficient (Wildman–Crippen LogP) is 5.04. The van der Waals surface area contributed by atoms with Gasteiger partial charge in [-0.05, 0) is 55.0 Å². The van der Waals surface area contributed by atoms with Crippen LogP contribution in [0.1, 0.15) is 33.4 Å². The molecule has 7 heteroatoms. The predicted molar refractivity (Wildman–Crippen MR) is 112 cm³/mol. The van der Waals surface area contributed by atoms with Crippen molar-refractivity contribution in [3.05, 3.63) is 104 Å². The van der Waals surface area contributed by atoms with Crippen LogP contribution >= 0.6 is 11.6 Å². The molecular formula is C23H14ClFN2O3. The van der Waals surface area contributed by atoms with E-state index < -0.39 is 17.8 Å². The monoisotopic (exact) mass is 420 g/mol. The maximum atomic E-state index is 14.1. The van der Waals surface area contributed by atoms with Crippen LogP contribution in [-0.2, 0) is 0 Å². The summed E-state index contributed by atoms with van der Waals surface area (Å²) in [5.41, 5.74) is 1.16. The molecule has 4 aromatic rings. The Morgan fingerprint density at radius 3 is 2.63 bits per heavy atom. The Labute approximate surface area is 175 Å². The van der Waals surface area contributed by atoms with Crippen LogP contribution in [0.2, 0.25) is 5.02 Å². The number of carbonyl (C=O) groups is 1. The lowest BCUT2D eigenvalue weighted by Crippen LogP contribution is -2.30. The van der Waals surface area contributed by atoms with Gasteiger partial charge in [0.1, 0.15) is 17.2 Å². The standard InChI is InChI=1S/C23H14ClFN2O3/c1-12-4-2-7-18(26-12)27-20(13-5-3-6-15(25)10-13)19-21(28)16-11-14(24)8-9-17(16)30-22(19)23(27)29/h2-11,20H,1H3/t20-/m1/s1. The average Bonchev–Trinajstić information content (AvgIpc) is 3.01. The van der Waals surface area contributed by atoms with Crippen molar-refractivity contribution < 1.29 is 13.6 Å². The van der Waals surface area contributed by atoms with E-state index in [9.17, 15) is 14.0 Å². The summed E-state index contributed by atoms with van der Waals surface area (Å²) in [6, 6.07) is 14.8. The molecule has 0 spiro atoms. The summed E-state index contributed by atoms with van der Waals surface area (Å²) in [4.78, 5) is 32.6. The minimum Gasteiger partial charge on any atom is -0.450 e. The first-order chi connectivity index (χ1) is 14.4. The summed E-state index contributed by atoms with van der Waals surface area (Å²) >= 11 is 6.07. The number of pyridine rings is 1. The van der Waals surface area contributed by atoms with Gasteiger partial charge in [-0.15, -0.1) is 0 Å². The van der Waals surface area contributed by atoms with E-state index in [2.05, 4.69) is 4.98 Å². The van der Waals surface area contributed by atoms with E-state index in [1.807, 2.05) is 0 Å². The van der Waals surface area contributed by atoms with E-state index in [0.717, 1.165) is 0 Å². The first-order valence-corrected chi connectivity index (χ1v) is 9.61. The van der Waals surface area contributed by atoms with Gasteiger partial charge in [0.15, 0.2) is 5.43 Å². The molecule has 3 heterocycles. The molecular weight excluding hydrogens is 407 g/mol. The first-order valence-electron chi connectivity index (χ1n) is 9.23. The second-order valence-corrected chi connectivity index (χ2v) is 7.52. The molecule has 1 atom stereocenters. The fourth-order valence-corrected chi connectivity index (χ4v) is 4.01. The SMILES string of the molecule is Cc1cccc(N2C(=O)c3oc4ccc(Cl)cc4c(=O)c3[C@H]2c2cccc(F)c2)n1. The Balaban J connectivity index is 1.84. The lowest BCUT2D eigenvalue weighted by atomic mass is 9.98. The van der Waals surface area contributed by atoms with Gasteiger partial charge in [0, 0.05) is 10.7 Å². The van der Waals surface area contributed by atoms with Crippen molar-refractivity contribution in [1.29, 1.82) is 0 Å². The third-order valence-electron chi connectivity index (χ3n) is 5.12. The lowest BCUT2D eigenvalue weighted by molar-refractivity contribution is 0.0970. The molecule has 1 aliphatic rings. The molecule has 5 rings (SSSR count). The van der Waals surface area contributed by atoms with Crippen LogP contribution in [0.4, 0.5) is 10.2 Å². The zero-order valence-corrected chi connectivity index (χ0v) is 16.5. The van der Waals surface area contributed by atoms with Crippen LogP contribution in [0.25, 0.3) is 11.0 Å². The van der Waals surface area contributed by atoms with Crippen LogP contribution in [-0.4, -0.2) is 10.9 Å². The van der Waals surface area contributed by atoms with Crippen molar-refractivity contribution in [3.8, 4) is 0 Å². The van der Waals surface area contributed by atoms with E-state index in [1.165, 1.54) is 29.2 Å². The highest BCUT2D eigenvalue weighted by atomic mass is 35.5. The second-order valence-electron chi connectivity index (χ2n) is 7.08. The number of hydrogen-bond acceptors (Lipinski definition) is 4. The molecule has 0 bridgehead atoms. The van der Waals surface area contributed by atoms with Crippen molar-refractivity contribution >= 4 is 34.3 Å². The normalized spacial score (nSPS) is 15.6. The average molecular weight is 421 g/mol. The summed E-state index contributed by atoms with van der Waals surface area (Å²) in [6.45, 7) is 1.80. The fraction of sp³-hybridized carbons (Fsp3) is 0.0870. The first kappa shape index (κ1) is 18.5. The maximum Gasteiger partial charge on any atom is 0.296 e. The molecule has 30 heavy (non-hydrogen) atoms. The van der Waals surface area contributed by atoms with Gasteiger partial charge in [0.25, 0.3) is 5.91 Å². The van der Waals surface area contributed by atoms with Crippen LogP contribution < -0.4 is 10.3 Å². The van der Waals surface area contributed by atoms with Gasteiger partial charge in [-0.3, -0.25) is 14.5 Å². The molecule has 0 saturated carbocycles. The van der Waals surface area contributed by atoms with E-state index in [4.69, 9.17) is 16.0 Å². The van der Waals surface area contributed by atoms with Gasteiger partial charge in [-0.2, -0.15) is 0 Å². The summed E-state index contributed by atoms with van der Waals surface area (Å²) in [5.74, 6) is -0.709. The minimum absolute atomic E-state index is 0.0765. The molecule has 5 nitrogen and oxygen atoms in total. The van der Waals surface area contributed by atoms with Gasteiger partial charge < -0.3 is 4.42 Å². The van der Waals surface area contributed by atoms with Gasteiger partial charge in [0.2, 0.25) is 5.76 Å². The minimum atomic E-state index is -0.878. The zero-order chi connectivity index (χ0) is 21.0. The van der Waals surface area contributed by atoms with E-state index in [1.54, 1.807) is 43.3 Å². The largest absolute Gasteiger partial charge is 0.450 e. The number of benzene rings is 2. The van der Waals surface area contributed by atoms with Gasteiger partial charge in [-0.1, -0.05) is 29.8 Å². The molecule has 0 fully saturated rings. The Hall–Kier alpha value is -3.51. The number of nitrogens with zero attached hydrogens (tertiary/aromatic N) is 2. The number of rotatable bonds is 2. The second kappa shape index (κ2) is 6.78. The molecule has 0 saturated heterocycles. The van der Waals surface area contributed by atoms with E-state index in [0.29, 0.717) is 22.1 Å². The van der Waals surface area contributed by atoms with Crippen LogP contribution in [0.15, 0.2) is 69.9 Å². The highest BCUT2D eigenvalue weighted by Crippen LogP contribution is 2.40. The Kier molecular flexibility index (Phi) is 4.18. The van der Waals surface area contributed by atoms with Crippen molar-refractivity contribution in [1.82, 2.24) is 4.98 Å². The van der Waals surface area contributed by atoms with Gasteiger partial charge in [0.05, 0.1) is 17.0 Å². The third kappa shape index (κ3) is 2.80. The van der Waals surface area contributed by atoms with Crippen molar-refractivity contribution in [2.45, 2.75) is 13.0 Å². The van der Waals surface area contributed by atoms with E-state index >= 15 is 0 Å². The van der Waals surface area contributed by atoms with Crippen LogP contribution in [0.3, 0.4) is 0 Å². The molecule has 0 radical (unpaired) electrons. The number of halogens is 2. The van der Waals surface area contributed by atoms with Crippen molar-refractivity contribution in [3.63, 3.8) is 0 Å². The van der Waals surface area contributed by atoms with Crippen molar-refractivity contribution in [2.24, 2.45) is 0 Å². The third-order valence-corrected chi connectivity index (χ3v) is 5.35. The quantitative estimate of drug-likeness (QED) is 0.456. The Bertz CT molecular complexity index is 1400. The molecule has 2 aromatic carbocycles. The summed E-state index contributed by atoms with van der Waals surface area (Å²) < 4.78 is 19.9. The summed E-state index contributed by atoms with van der Waals surface area (Å²) in [5, 5.41) is 0.632. The molecule has 0 unspecified atom stereocenters. The Morgan fingerprint density at radius 1 is 1.07 bits per heavy atom. The number of aryl methyl sites for hydroxylation is 1. The summed E-state index contributed by atoms with van der Waals surface area (Å²) in [6.07, 6.45) is 0. The summed E-state index contributed by atoms with van der Waals surface area (Å²) in [7, 11) is 0. The number of hydrogen-bond donors (Lipinski definition) is 0. The number of fused-ring (bicyclic) bond motifs is 2. The molecule has 1 amide bonds. The highest BCUT2D eigenvalue weighted by molar-refractivity contribution is 6.31. The Morgan fingerprint density at radius 2 is 1.87 bits per heavy atom. The smallest absolute Gasteiger partial charge is 0.296 e. The van der Waals surface area contributed by atoms with Gasteiger partial charge >= 0.3 is 0 Å². The van der Waals surface area contributed by atoms with Crippen LogP contribution in [0.5, 0.6) is 0 Å². The number of amides is 1. The molecule has 1 aliphatic heterocycles. The zero-order valence-electron chi connectivity index (χ0n) is 15.7. The molecule has 148 valence electrons. The molecule has 0 aliphatic carbocycles. The van der Waals surface area contributed by atoms with Crippen LogP contribution in [0, 0.1) is 12.7 Å². The van der Waals surface area contributed by atoms with Crippen molar-refractivity contribution in [2.75, 3.05) is 4.90 Å². The number of carbonyl (C=O) groups excluding carboxylic acids is 1. The highest BCUT2D eigenvalue weighted by Gasteiger charge is 2.44.